The minimum atomic E-state index is -0.563. The number of carbonyl (C=O) groups is 1. The van der Waals surface area contributed by atoms with E-state index in [0.29, 0.717) is 19.0 Å². The minimum absolute atomic E-state index is 0.363. The summed E-state index contributed by atoms with van der Waals surface area (Å²) in [5.41, 5.74) is 0. The largest absolute Gasteiger partial charge is 0.453 e. The average Bonchev–Trinajstić information content (AvgIpc) is 2.97. The Bertz CT molecular complexity index is 491. The number of nitrogens with zero attached hydrogens (tertiary/aromatic N) is 3. The molecule has 2 fully saturated rings. The number of methoxy groups -OCH3 is 1. The van der Waals surface area contributed by atoms with Crippen LogP contribution in [0.1, 0.15) is 12.8 Å². The molecular weight excluding hydrogens is 276 g/mol. The lowest BCUT2D eigenvalue weighted by molar-refractivity contribution is -0.169. The van der Waals surface area contributed by atoms with Crippen LogP contribution in [-0.4, -0.2) is 55.5 Å². The Kier molecular flexibility index (Phi) is 3.89. The van der Waals surface area contributed by atoms with Crippen molar-refractivity contribution in [2.45, 2.75) is 18.6 Å². The van der Waals surface area contributed by atoms with E-state index >= 15 is 0 Å². The molecule has 8 heteroatoms. The van der Waals surface area contributed by atoms with Crippen molar-refractivity contribution in [3.05, 3.63) is 12.1 Å². The van der Waals surface area contributed by atoms with E-state index in [1.165, 1.54) is 7.11 Å². The van der Waals surface area contributed by atoms with E-state index < -0.39 is 11.9 Å². The van der Waals surface area contributed by atoms with Crippen molar-refractivity contribution in [2.24, 2.45) is 0 Å². The van der Waals surface area contributed by atoms with Crippen LogP contribution in [0.3, 0.4) is 0 Å². The van der Waals surface area contributed by atoms with E-state index in [1.54, 1.807) is 6.07 Å². The van der Waals surface area contributed by atoms with E-state index in [9.17, 15) is 4.79 Å². The first kappa shape index (κ1) is 14.0. The lowest BCUT2D eigenvalue weighted by Crippen LogP contribution is -2.45. The van der Waals surface area contributed by atoms with Crippen molar-refractivity contribution in [3.8, 4) is 0 Å². The quantitative estimate of drug-likeness (QED) is 0.870. The third kappa shape index (κ3) is 3.06. The molecule has 2 aliphatic heterocycles. The number of rotatable bonds is 2. The molecule has 0 bridgehead atoms. The SMILES string of the molecule is COC(=O)Nc1ccc(N2CCC3(CC2)OCCO3)nn1. The van der Waals surface area contributed by atoms with E-state index in [1.807, 2.05) is 6.07 Å². The topological polar surface area (TPSA) is 85.8 Å². The molecule has 2 saturated heterocycles. The first-order chi connectivity index (χ1) is 10.2. The Balaban J connectivity index is 1.59. The van der Waals surface area contributed by atoms with Crippen LogP contribution in [0.15, 0.2) is 12.1 Å². The second kappa shape index (κ2) is 5.82. The molecule has 8 nitrogen and oxygen atoms in total. The number of piperidine rings is 1. The molecule has 0 radical (unpaired) electrons. The van der Waals surface area contributed by atoms with Gasteiger partial charge in [-0.05, 0) is 12.1 Å². The molecule has 2 aliphatic rings. The molecule has 1 aromatic rings. The number of anilines is 2. The smallest absolute Gasteiger partial charge is 0.412 e. The summed E-state index contributed by atoms with van der Waals surface area (Å²) in [6, 6.07) is 3.53. The monoisotopic (exact) mass is 294 g/mol. The van der Waals surface area contributed by atoms with E-state index in [0.717, 1.165) is 31.7 Å². The zero-order valence-corrected chi connectivity index (χ0v) is 11.9. The standard InChI is InChI=1S/C13H18N4O4/c1-19-12(18)14-10-2-3-11(16-15-10)17-6-4-13(5-7-17)20-8-9-21-13/h2-3H,4-9H2,1H3,(H,14,15,18). The van der Waals surface area contributed by atoms with Gasteiger partial charge in [0.15, 0.2) is 17.4 Å². The van der Waals surface area contributed by atoms with Gasteiger partial charge in [0.2, 0.25) is 0 Å². The van der Waals surface area contributed by atoms with Crippen LogP contribution >= 0.6 is 0 Å². The van der Waals surface area contributed by atoms with Crippen molar-refractivity contribution in [1.82, 2.24) is 10.2 Å². The summed E-state index contributed by atoms with van der Waals surface area (Å²) < 4.78 is 15.9. The van der Waals surface area contributed by atoms with Crippen LogP contribution in [0, 0.1) is 0 Å². The maximum absolute atomic E-state index is 11.1. The summed E-state index contributed by atoms with van der Waals surface area (Å²) >= 11 is 0. The Morgan fingerprint density at radius 2 is 2.00 bits per heavy atom. The minimum Gasteiger partial charge on any atom is -0.453 e. The molecule has 1 amide bonds. The van der Waals surface area contributed by atoms with Gasteiger partial charge in [-0.15, -0.1) is 10.2 Å². The lowest BCUT2D eigenvalue weighted by Gasteiger charge is -2.37. The van der Waals surface area contributed by atoms with E-state index in [-0.39, 0.29) is 0 Å². The van der Waals surface area contributed by atoms with Crippen LogP contribution in [0.2, 0.25) is 0 Å². The van der Waals surface area contributed by atoms with Crippen molar-refractivity contribution in [1.29, 1.82) is 0 Å². The molecular formula is C13H18N4O4. The highest BCUT2D eigenvalue weighted by Gasteiger charge is 2.40. The summed E-state index contributed by atoms with van der Waals surface area (Å²) in [7, 11) is 1.30. The van der Waals surface area contributed by atoms with E-state index in [4.69, 9.17) is 9.47 Å². The van der Waals surface area contributed by atoms with Gasteiger partial charge in [-0.1, -0.05) is 0 Å². The van der Waals surface area contributed by atoms with Gasteiger partial charge in [-0.3, -0.25) is 5.32 Å². The van der Waals surface area contributed by atoms with Gasteiger partial charge in [0.05, 0.1) is 20.3 Å². The third-order valence-electron chi connectivity index (χ3n) is 3.73. The number of hydrogen-bond acceptors (Lipinski definition) is 7. The summed E-state index contributed by atoms with van der Waals surface area (Å²) in [6.07, 6.45) is 1.07. The second-order valence-electron chi connectivity index (χ2n) is 4.99. The first-order valence-electron chi connectivity index (χ1n) is 6.92. The van der Waals surface area contributed by atoms with Crippen LogP contribution in [0.25, 0.3) is 0 Å². The van der Waals surface area contributed by atoms with Gasteiger partial charge in [-0.25, -0.2) is 4.79 Å². The molecule has 1 spiro atoms. The molecule has 0 aliphatic carbocycles. The van der Waals surface area contributed by atoms with Crippen molar-refractivity contribution in [3.63, 3.8) is 0 Å². The second-order valence-corrected chi connectivity index (χ2v) is 4.99. The van der Waals surface area contributed by atoms with Crippen LogP contribution < -0.4 is 10.2 Å². The van der Waals surface area contributed by atoms with Crippen molar-refractivity contribution in [2.75, 3.05) is 43.6 Å². The zero-order chi connectivity index (χ0) is 14.7. The molecule has 0 atom stereocenters. The fourth-order valence-corrected chi connectivity index (χ4v) is 2.58. The number of nitrogens with one attached hydrogen (secondary N) is 1. The van der Waals surface area contributed by atoms with Gasteiger partial charge in [0.25, 0.3) is 0 Å². The van der Waals surface area contributed by atoms with Gasteiger partial charge >= 0.3 is 6.09 Å². The highest BCUT2D eigenvalue weighted by Crippen LogP contribution is 2.32. The Hall–Kier alpha value is -1.93. The van der Waals surface area contributed by atoms with Crippen LogP contribution in [0.5, 0.6) is 0 Å². The van der Waals surface area contributed by atoms with Crippen molar-refractivity contribution < 1.29 is 19.0 Å². The normalized spacial score (nSPS) is 20.5. The zero-order valence-electron chi connectivity index (χ0n) is 11.9. The number of amides is 1. The summed E-state index contributed by atoms with van der Waals surface area (Å²) in [5.74, 6) is 0.746. The van der Waals surface area contributed by atoms with Crippen molar-refractivity contribution >= 4 is 17.7 Å². The predicted octanol–water partition coefficient (Wildman–Crippen LogP) is 0.998. The first-order valence-corrected chi connectivity index (χ1v) is 6.92. The van der Waals surface area contributed by atoms with Gasteiger partial charge in [0.1, 0.15) is 0 Å². The third-order valence-corrected chi connectivity index (χ3v) is 3.73. The predicted molar refractivity (Wildman–Crippen MR) is 74.1 cm³/mol. The molecule has 0 aromatic carbocycles. The summed E-state index contributed by atoms with van der Waals surface area (Å²) in [5, 5.41) is 10.6. The number of ether oxygens (including phenoxy) is 3. The fourth-order valence-electron chi connectivity index (χ4n) is 2.58. The number of hydrogen-bond donors (Lipinski definition) is 1. The highest BCUT2D eigenvalue weighted by molar-refractivity contribution is 5.83. The van der Waals surface area contributed by atoms with E-state index in [2.05, 4.69) is 25.2 Å². The molecule has 0 saturated carbocycles. The highest BCUT2D eigenvalue weighted by atomic mass is 16.7. The Morgan fingerprint density at radius 3 is 2.57 bits per heavy atom. The molecule has 0 unspecified atom stereocenters. The molecule has 3 heterocycles. The van der Waals surface area contributed by atoms with Gasteiger partial charge in [-0.2, -0.15) is 0 Å². The lowest BCUT2D eigenvalue weighted by atomic mass is 10.0. The average molecular weight is 294 g/mol. The fraction of sp³-hybridized carbons (Fsp3) is 0.615. The molecule has 3 rings (SSSR count). The summed E-state index contributed by atoms with van der Waals surface area (Å²) in [6.45, 7) is 2.96. The molecule has 1 N–H and O–H groups in total. The van der Waals surface area contributed by atoms with Crippen LogP contribution in [-0.2, 0) is 14.2 Å². The number of carbonyl (C=O) groups excluding carboxylic acids is 1. The number of aromatic nitrogens is 2. The van der Waals surface area contributed by atoms with Crippen LogP contribution in [0.4, 0.5) is 16.4 Å². The van der Waals surface area contributed by atoms with Gasteiger partial charge < -0.3 is 19.1 Å². The molecule has 114 valence electrons. The molecule has 1 aromatic heterocycles. The summed E-state index contributed by atoms with van der Waals surface area (Å²) in [4.78, 5) is 13.2. The Labute approximate surface area is 122 Å². The maximum Gasteiger partial charge on any atom is 0.412 e. The van der Waals surface area contributed by atoms with Gasteiger partial charge in [0, 0.05) is 25.9 Å². The molecule has 21 heavy (non-hydrogen) atoms. The maximum atomic E-state index is 11.1. The Morgan fingerprint density at radius 1 is 1.29 bits per heavy atom.